The van der Waals surface area contributed by atoms with Gasteiger partial charge in [0.1, 0.15) is 17.4 Å². The second-order valence-electron chi connectivity index (χ2n) is 3.89. The molecule has 4 nitrogen and oxygen atoms in total. The number of rotatable bonds is 0. The van der Waals surface area contributed by atoms with Crippen LogP contribution in [0.15, 0.2) is 71.9 Å². The lowest BCUT2D eigenvalue weighted by molar-refractivity contribution is 0.616. The molecule has 0 aliphatic heterocycles. The molecule has 0 atom stereocenters. The quantitative estimate of drug-likeness (QED) is 0.479. The smallest absolute Gasteiger partial charge is 0.133 e. The Balaban J connectivity index is 0.000000117. The number of aromatic nitrogens is 3. The van der Waals surface area contributed by atoms with Gasteiger partial charge in [0.25, 0.3) is 0 Å². The summed E-state index contributed by atoms with van der Waals surface area (Å²) in [7, 11) is 0. The van der Waals surface area contributed by atoms with Gasteiger partial charge in [0.15, 0.2) is 0 Å². The van der Waals surface area contributed by atoms with Gasteiger partial charge in [-0.05, 0) is 24.3 Å². The van der Waals surface area contributed by atoms with Crippen molar-refractivity contribution in [3.8, 4) is 0 Å². The standard InChI is InChI=1S/C8H6O.C7H5N3/c1-2-4-8-7(3-1)5-6-9-8;1-2-6-7(9-3-1)4-8-5-10-6/h1-6H;1-5H. The lowest BCUT2D eigenvalue weighted by Crippen LogP contribution is -1.81. The Morgan fingerprint density at radius 1 is 0.842 bits per heavy atom. The van der Waals surface area contributed by atoms with Gasteiger partial charge in [-0.2, -0.15) is 0 Å². The average molecular weight is 249 g/mol. The van der Waals surface area contributed by atoms with Crippen molar-refractivity contribution in [2.45, 2.75) is 0 Å². The fourth-order valence-corrected chi connectivity index (χ4v) is 1.72. The van der Waals surface area contributed by atoms with E-state index in [2.05, 4.69) is 15.0 Å². The molecule has 0 bridgehead atoms. The van der Waals surface area contributed by atoms with Crippen molar-refractivity contribution in [2.24, 2.45) is 0 Å². The van der Waals surface area contributed by atoms with E-state index in [0.29, 0.717) is 0 Å². The molecular weight excluding hydrogens is 238 g/mol. The highest BCUT2D eigenvalue weighted by Crippen LogP contribution is 2.12. The second kappa shape index (κ2) is 5.27. The second-order valence-corrected chi connectivity index (χ2v) is 3.89. The highest BCUT2D eigenvalue weighted by Gasteiger charge is 1.90. The number of hydrogen-bond acceptors (Lipinski definition) is 4. The van der Waals surface area contributed by atoms with Crippen LogP contribution in [-0.2, 0) is 0 Å². The Morgan fingerprint density at radius 3 is 2.68 bits per heavy atom. The van der Waals surface area contributed by atoms with Gasteiger partial charge in [-0.25, -0.2) is 9.97 Å². The number of benzene rings is 1. The molecule has 3 aromatic heterocycles. The highest BCUT2D eigenvalue weighted by atomic mass is 16.3. The van der Waals surface area contributed by atoms with Gasteiger partial charge in [-0.15, -0.1) is 0 Å². The minimum Gasteiger partial charge on any atom is -0.464 e. The Kier molecular flexibility index (Phi) is 3.14. The molecule has 0 radical (unpaired) electrons. The third-order valence-corrected chi connectivity index (χ3v) is 2.64. The van der Waals surface area contributed by atoms with Crippen LogP contribution in [0.2, 0.25) is 0 Å². The Labute approximate surface area is 109 Å². The van der Waals surface area contributed by atoms with Gasteiger partial charge >= 0.3 is 0 Å². The summed E-state index contributed by atoms with van der Waals surface area (Å²) in [6, 6.07) is 13.7. The average Bonchev–Trinajstić information content (AvgIpc) is 2.96. The summed E-state index contributed by atoms with van der Waals surface area (Å²) < 4.78 is 5.12. The maximum Gasteiger partial charge on any atom is 0.133 e. The van der Waals surface area contributed by atoms with E-state index >= 15 is 0 Å². The zero-order chi connectivity index (χ0) is 12.9. The van der Waals surface area contributed by atoms with Crippen LogP contribution >= 0.6 is 0 Å². The molecule has 4 heteroatoms. The monoisotopic (exact) mass is 249 g/mol. The Hall–Kier alpha value is -2.75. The lowest BCUT2D eigenvalue weighted by atomic mass is 10.3. The third-order valence-electron chi connectivity index (χ3n) is 2.64. The summed E-state index contributed by atoms with van der Waals surface area (Å²) >= 11 is 0. The first-order chi connectivity index (χ1) is 9.43. The van der Waals surface area contributed by atoms with E-state index in [-0.39, 0.29) is 0 Å². The van der Waals surface area contributed by atoms with Crippen LogP contribution in [0.4, 0.5) is 0 Å². The Morgan fingerprint density at radius 2 is 1.79 bits per heavy atom. The zero-order valence-corrected chi connectivity index (χ0v) is 10.1. The number of pyridine rings is 1. The molecule has 0 saturated heterocycles. The van der Waals surface area contributed by atoms with Crippen LogP contribution in [0.25, 0.3) is 22.0 Å². The summed E-state index contributed by atoms with van der Waals surface area (Å²) in [6.45, 7) is 0. The summed E-state index contributed by atoms with van der Waals surface area (Å²) in [5, 5.41) is 1.16. The van der Waals surface area contributed by atoms with Gasteiger partial charge in [0.05, 0.1) is 18.0 Å². The van der Waals surface area contributed by atoms with Crippen molar-refractivity contribution in [2.75, 3.05) is 0 Å². The number of furan rings is 1. The summed E-state index contributed by atoms with van der Waals surface area (Å²) in [4.78, 5) is 11.9. The molecule has 0 aliphatic carbocycles. The number of para-hydroxylation sites is 1. The highest BCUT2D eigenvalue weighted by molar-refractivity contribution is 5.76. The van der Waals surface area contributed by atoms with Gasteiger partial charge in [-0.3, -0.25) is 4.98 Å². The van der Waals surface area contributed by atoms with E-state index in [1.165, 1.54) is 6.33 Å². The van der Waals surface area contributed by atoms with Crippen LogP contribution in [0.3, 0.4) is 0 Å². The molecule has 0 aliphatic rings. The molecule has 4 rings (SSSR count). The van der Waals surface area contributed by atoms with Crippen molar-refractivity contribution in [3.05, 3.63) is 67.4 Å². The van der Waals surface area contributed by atoms with Crippen molar-refractivity contribution in [3.63, 3.8) is 0 Å². The normalized spacial score (nSPS) is 10.1. The molecule has 4 aromatic rings. The topological polar surface area (TPSA) is 51.8 Å². The molecule has 0 fully saturated rings. The molecular formula is C15H11N3O. The van der Waals surface area contributed by atoms with E-state index < -0.39 is 0 Å². The number of nitrogens with zero attached hydrogens (tertiary/aromatic N) is 3. The van der Waals surface area contributed by atoms with E-state index in [0.717, 1.165) is 22.0 Å². The molecule has 0 saturated carbocycles. The Bertz CT molecular complexity index is 699. The van der Waals surface area contributed by atoms with Gasteiger partial charge in [0.2, 0.25) is 0 Å². The first-order valence-corrected chi connectivity index (χ1v) is 5.86. The summed E-state index contributed by atoms with van der Waals surface area (Å²) in [6.07, 6.45) is 6.64. The fraction of sp³-hybridized carbons (Fsp3) is 0. The first kappa shape index (κ1) is 11.3. The van der Waals surface area contributed by atoms with E-state index in [1.807, 2.05) is 42.5 Å². The van der Waals surface area contributed by atoms with Crippen LogP contribution < -0.4 is 0 Å². The third kappa shape index (κ3) is 2.57. The molecule has 0 spiro atoms. The van der Waals surface area contributed by atoms with Crippen LogP contribution in [0.1, 0.15) is 0 Å². The van der Waals surface area contributed by atoms with Crippen LogP contribution in [0, 0.1) is 0 Å². The molecule has 92 valence electrons. The summed E-state index contributed by atoms with van der Waals surface area (Å²) in [5.74, 6) is 0. The van der Waals surface area contributed by atoms with Crippen molar-refractivity contribution in [1.29, 1.82) is 0 Å². The molecule has 3 heterocycles. The zero-order valence-electron chi connectivity index (χ0n) is 10.1. The molecule has 0 unspecified atom stereocenters. The number of fused-ring (bicyclic) bond motifs is 2. The number of hydrogen-bond donors (Lipinski definition) is 0. The predicted octanol–water partition coefficient (Wildman–Crippen LogP) is 3.46. The van der Waals surface area contributed by atoms with E-state index in [9.17, 15) is 0 Å². The van der Waals surface area contributed by atoms with E-state index in [1.54, 1.807) is 18.7 Å². The minimum absolute atomic E-state index is 0.838. The van der Waals surface area contributed by atoms with Crippen molar-refractivity contribution < 1.29 is 4.42 Å². The molecule has 1 aromatic carbocycles. The molecule has 0 N–H and O–H groups in total. The molecule has 19 heavy (non-hydrogen) atoms. The largest absolute Gasteiger partial charge is 0.464 e. The maximum absolute atomic E-state index is 5.12. The fourth-order valence-electron chi connectivity index (χ4n) is 1.72. The van der Waals surface area contributed by atoms with Gasteiger partial charge in [-0.1, -0.05) is 18.2 Å². The van der Waals surface area contributed by atoms with Crippen molar-refractivity contribution in [1.82, 2.24) is 15.0 Å². The van der Waals surface area contributed by atoms with Gasteiger partial charge in [0, 0.05) is 11.6 Å². The SMILES string of the molecule is c1ccc2occc2c1.c1cnc2cncnc2c1. The summed E-state index contributed by atoms with van der Waals surface area (Å²) in [5.41, 5.74) is 2.68. The van der Waals surface area contributed by atoms with Gasteiger partial charge < -0.3 is 4.42 Å². The van der Waals surface area contributed by atoms with Crippen LogP contribution in [-0.4, -0.2) is 15.0 Å². The van der Waals surface area contributed by atoms with Crippen molar-refractivity contribution >= 4 is 22.0 Å². The minimum atomic E-state index is 0.838. The maximum atomic E-state index is 5.12. The first-order valence-electron chi connectivity index (χ1n) is 5.86. The van der Waals surface area contributed by atoms with Crippen LogP contribution in [0.5, 0.6) is 0 Å². The van der Waals surface area contributed by atoms with E-state index in [4.69, 9.17) is 4.42 Å². The lowest BCUT2D eigenvalue weighted by Gasteiger charge is -1.89. The predicted molar refractivity (Wildman–Crippen MR) is 73.5 cm³/mol. The molecule has 0 amide bonds.